The van der Waals surface area contributed by atoms with Gasteiger partial charge in [-0.2, -0.15) is 0 Å². The molecule has 1 saturated heterocycles. The summed E-state index contributed by atoms with van der Waals surface area (Å²) in [6.45, 7) is 18.6. The molecule has 0 spiro atoms. The van der Waals surface area contributed by atoms with E-state index in [1.165, 1.54) is 33.4 Å². The molecule has 3 heterocycles. The number of aryl methyl sites for hydroxylation is 6. The summed E-state index contributed by atoms with van der Waals surface area (Å²) in [5, 5.41) is 9.21. The van der Waals surface area contributed by atoms with E-state index in [9.17, 15) is 0 Å². The van der Waals surface area contributed by atoms with Gasteiger partial charge in [0.2, 0.25) is 11.4 Å². The number of hydrogen-bond acceptors (Lipinski definition) is 6. The lowest BCUT2D eigenvalue weighted by Crippen LogP contribution is -2.51. The zero-order chi connectivity index (χ0) is 23.7. The average molecular weight is 447 g/mol. The summed E-state index contributed by atoms with van der Waals surface area (Å²) >= 11 is 0. The van der Waals surface area contributed by atoms with Gasteiger partial charge < -0.3 is 19.5 Å². The fraction of sp³-hybridized carbons (Fsp3) is 0.481. The van der Waals surface area contributed by atoms with E-state index in [1.807, 2.05) is 0 Å². The van der Waals surface area contributed by atoms with Crippen LogP contribution >= 0.6 is 0 Å². The molecule has 6 heteroatoms. The highest BCUT2D eigenvalue weighted by Crippen LogP contribution is 2.43. The molecular formula is C27H34N4O2. The van der Waals surface area contributed by atoms with Crippen molar-refractivity contribution in [2.45, 2.75) is 73.3 Å². The molecule has 2 aromatic rings. The molecule has 0 amide bonds. The van der Waals surface area contributed by atoms with Gasteiger partial charge in [0, 0.05) is 24.2 Å². The smallest absolute Gasteiger partial charge is 0.214 e. The molecule has 3 aliphatic rings. The Morgan fingerprint density at radius 2 is 0.970 bits per heavy atom. The zero-order valence-electron chi connectivity index (χ0n) is 21.0. The standard InChI is InChI=1S/C27H34N4O2/c1-16-11-18(3)22(19(4)12-16)24-28-32-26(7)15-27(8)31(10-9-30(24)26)25(29-33-27)23-20(5)13-17(2)14-21(23)6/h11-14H,9-10,15H2,1-8H3. The summed E-state index contributed by atoms with van der Waals surface area (Å²) in [6.07, 6.45) is 0.619. The minimum absolute atomic E-state index is 0.606. The zero-order valence-corrected chi connectivity index (χ0v) is 21.0. The maximum absolute atomic E-state index is 6.17. The van der Waals surface area contributed by atoms with E-state index in [4.69, 9.17) is 9.68 Å². The molecule has 0 bridgehead atoms. The summed E-state index contributed by atoms with van der Waals surface area (Å²) in [5.41, 5.74) is 8.53. The minimum atomic E-state index is -0.606. The fourth-order valence-electron chi connectivity index (χ4n) is 6.10. The molecule has 5 rings (SSSR count). The molecule has 1 fully saturated rings. The molecular weight excluding hydrogens is 412 g/mol. The van der Waals surface area contributed by atoms with Crippen LogP contribution in [0.25, 0.3) is 0 Å². The Morgan fingerprint density at radius 1 is 0.636 bits per heavy atom. The predicted molar refractivity (Wildman–Crippen MR) is 131 cm³/mol. The molecule has 3 aliphatic heterocycles. The predicted octanol–water partition coefficient (Wildman–Crippen LogP) is 5.06. The van der Waals surface area contributed by atoms with Crippen LogP contribution in [0.2, 0.25) is 0 Å². The van der Waals surface area contributed by atoms with Crippen LogP contribution in [0.1, 0.15) is 64.8 Å². The highest BCUT2D eigenvalue weighted by Gasteiger charge is 2.56. The van der Waals surface area contributed by atoms with Crippen LogP contribution in [-0.4, -0.2) is 46.0 Å². The Kier molecular flexibility index (Phi) is 4.78. The van der Waals surface area contributed by atoms with Gasteiger partial charge in [-0.3, -0.25) is 0 Å². The van der Waals surface area contributed by atoms with Crippen molar-refractivity contribution >= 4 is 11.7 Å². The quantitative estimate of drug-likeness (QED) is 0.647. The third-order valence-electron chi connectivity index (χ3n) is 7.32. The van der Waals surface area contributed by atoms with Gasteiger partial charge >= 0.3 is 0 Å². The Morgan fingerprint density at radius 3 is 1.30 bits per heavy atom. The lowest BCUT2D eigenvalue weighted by atomic mass is 9.95. The van der Waals surface area contributed by atoms with Gasteiger partial charge in [0.1, 0.15) is 0 Å². The molecule has 0 N–H and O–H groups in total. The Bertz CT molecular complexity index is 1080. The van der Waals surface area contributed by atoms with Crippen LogP contribution in [0.3, 0.4) is 0 Å². The minimum Gasteiger partial charge on any atom is -0.365 e. The average Bonchev–Trinajstić information content (AvgIpc) is 3.12. The molecule has 6 nitrogen and oxygen atoms in total. The second-order valence-electron chi connectivity index (χ2n) is 10.4. The summed E-state index contributed by atoms with van der Waals surface area (Å²) in [4.78, 5) is 17.0. The van der Waals surface area contributed by atoms with Crippen LogP contribution in [0.5, 0.6) is 0 Å². The van der Waals surface area contributed by atoms with Crippen LogP contribution < -0.4 is 0 Å². The third kappa shape index (κ3) is 3.30. The maximum Gasteiger partial charge on any atom is 0.214 e. The summed E-state index contributed by atoms with van der Waals surface area (Å²) in [6, 6.07) is 8.87. The number of benzene rings is 2. The first kappa shape index (κ1) is 21.8. The largest absolute Gasteiger partial charge is 0.365 e. The number of nitrogens with zero attached hydrogens (tertiary/aromatic N) is 4. The highest BCUT2D eigenvalue weighted by atomic mass is 16.7. The van der Waals surface area contributed by atoms with E-state index in [0.717, 1.165) is 35.9 Å². The summed E-state index contributed by atoms with van der Waals surface area (Å²) in [5.74, 6) is 1.83. The first-order chi connectivity index (χ1) is 15.5. The van der Waals surface area contributed by atoms with E-state index < -0.39 is 11.4 Å². The molecule has 0 aliphatic carbocycles. The molecule has 2 atom stereocenters. The van der Waals surface area contributed by atoms with Crippen LogP contribution in [0, 0.1) is 41.5 Å². The molecule has 2 aromatic carbocycles. The van der Waals surface area contributed by atoms with Crippen LogP contribution in [-0.2, 0) is 9.68 Å². The first-order valence-electron chi connectivity index (χ1n) is 11.8. The van der Waals surface area contributed by atoms with Crippen molar-refractivity contribution in [1.82, 2.24) is 9.80 Å². The second kappa shape index (κ2) is 7.24. The van der Waals surface area contributed by atoms with Crippen molar-refractivity contribution in [1.29, 1.82) is 0 Å². The van der Waals surface area contributed by atoms with Gasteiger partial charge in [-0.1, -0.05) is 45.7 Å². The Balaban J connectivity index is 1.52. The molecule has 33 heavy (non-hydrogen) atoms. The normalized spacial score (nSPS) is 26.2. The lowest BCUT2D eigenvalue weighted by Gasteiger charge is -2.37. The van der Waals surface area contributed by atoms with Crippen LogP contribution in [0.15, 0.2) is 34.6 Å². The third-order valence-corrected chi connectivity index (χ3v) is 7.32. The molecule has 0 aromatic heterocycles. The second-order valence-corrected chi connectivity index (χ2v) is 10.4. The van der Waals surface area contributed by atoms with Gasteiger partial charge in [0.05, 0.1) is 6.42 Å². The Labute approximate surface area is 196 Å². The highest BCUT2D eigenvalue weighted by molar-refractivity contribution is 6.03. The molecule has 0 saturated carbocycles. The number of fused-ring (bicyclic) bond motifs is 2. The van der Waals surface area contributed by atoms with Crippen molar-refractivity contribution in [3.63, 3.8) is 0 Å². The lowest BCUT2D eigenvalue weighted by molar-refractivity contribution is -0.155. The van der Waals surface area contributed by atoms with Crippen molar-refractivity contribution in [2.24, 2.45) is 10.3 Å². The van der Waals surface area contributed by atoms with Crippen molar-refractivity contribution in [3.05, 3.63) is 68.8 Å². The SMILES string of the molecule is Cc1cc(C)c(C2=NOC3(C)CC4(C)ON=C(c5c(C)cc(C)cc5C)N4CCN23)c(C)c1. The van der Waals surface area contributed by atoms with E-state index in [-0.39, 0.29) is 0 Å². The van der Waals surface area contributed by atoms with E-state index in [0.29, 0.717) is 6.42 Å². The number of oxime groups is 2. The van der Waals surface area contributed by atoms with Gasteiger partial charge in [-0.25, -0.2) is 0 Å². The van der Waals surface area contributed by atoms with E-state index in [1.54, 1.807) is 0 Å². The van der Waals surface area contributed by atoms with Gasteiger partial charge in [-0.05, 0) is 77.6 Å². The topological polar surface area (TPSA) is 49.7 Å². The van der Waals surface area contributed by atoms with Gasteiger partial charge in [-0.15, -0.1) is 0 Å². The summed E-state index contributed by atoms with van der Waals surface area (Å²) in [7, 11) is 0. The molecule has 2 unspecified atom stereocenters. The van der Waals surface area contributed by atoms with Crippen molar-refractivity contribution in [3.8, 4) is 0 Å². The number of amidine groups is 2. The monoisotopic (exact) mass is 446 g/mol. The van der Waals surface area contributed by atoms with Gasteiger partial charge in [0.25, 0.3) is 0 Å². The first-order valence-corrected chi connectivity index (χ1v) is 11.8. The van der Waals surface area contributed by atoms with E-state index in [2.05, 4.69) is 99.8 Å². The van der Waals surface area contributed by atoms with Gasteiger partial charge in [0.15, 0.2) is 11.7 Å². The summed E-state index contributed by atoms with van der Waals surface area (Å²) < 4.78 is 0. The number of rotatable bonds is 2. The van der Waals surface area contributed by atoms with E-state index >= 15 is 0 Å². The van der Waals surface area contributed by atoms with Crippen LogP contribution in [0.4, 0.5) is 0 Å². The maximum atomic E-state index is 6.17. The molecule has 0 radical (unpaired) electrons. The molecule has 174 valence electrons. The van der Waals surface area contributed by atoms with Crippen molar-refractivity contribution in [2.75, 3.05) is 13.1 Å². The Hall–Kier alpha value is -3.02. The number of hydrogen-bond donors (Lipinski definition) is 0. The van der Waals surface area contributed by atoms with Crippen molar-refractivity contribution < 1.29 is 9.68 Å². The fourth-order valence-corrected chi connectivity index (χ4v) is 6.10.